The molecule has 0 saturated heterocycles. The van der Waals surface area contributed by atoms with Crippen LogP contribution in [0.2, 0.25) is 0 Å². The summed E-state index contributed by atoms with van der Waals surface area (Å²) in [5, 5.41) is 34.2. The lowest BCUT2D eigenvalue weighted by molar-refractivity contribution is -0.145. The number of nitrogens with two attached hydrogens (primary N) is 2. The molecule has 0 bridgehead atoms. The van der Waals surface area contributed by atoms with E-state index in [2.05, 4.69) is 10.6 Å². The second-order valence-electron chi connectivity index (χ2n) is 7.70. The van der Waals surface area contributed by atoms with Crippen LogP contribution in [0.4, 0.5) is 0 Å². The highest BCUT2D eigenvalue weighted by Gasteiger charge is 2.33. The van der Waals surface area contributed by atoms with Crippen LogP contribution < -0.4 is 27.4 Å². The maximum atomic E-state index is 12.7. The van der Waals surface area contributed by atoms with Crippen molar-refractivity contribution < 1.29 is 44.1 Å². The highest BCUT2D eigenvalue weighted by atomic mass is 16.4. The predicted molar refractivity (Wildman–Crippen MR) is 113 cm³/mol. The summed E-state index contributed by atoms with van der Waals surface area (Å²) < 4.78 is 0. The summed E-state index contributed by atoms with van der Waals surface area (Å²) in [6, 6.07) is -5.85. The Hall–Kier alpha value is -3.26. The number of aliphatic hydroxyl groups excluding tert-OH is 1. The number of carbonyl (C=O) groups excluding carboxylic acids is 4. The number of rotatable bonds is 15. The lowest BCUT2D eigenvalue weighted by Crippen LogP contribution is -2.59. The Labute approximate surface area is 190 Å². The second kappa shape index (κ2) is 14.0. The van der Waals surface area contributed by atoms with Crippen LogP contribution in [0.5, 0.6) is 0 Å². The fourth-order valence-electron chi connectivity index (χ4n) is 2.63. The van der Waals surface area contributed by atoms with Gasteiger partial charge in [-0.1, -0.05) is 20.3 Å². The van der Waals surface area contributed by atoms with Crippen LogP contribution in [0.1, 0.15) is 46.5 Å². The van der Waals surface area contributed by atoms with Gasteiger partial charge in [0.05, 0.1) is 18.6 Å². The van der Waals surface area contributed by atoms with Crippen LogP contribution in [-0.4, -0.2) is 81.2 Å². The van der Waals surface area contributed by atoms with Gasteiger partial charge < -0.3 is 42.7 Å². The van der Waals surface area contributed by atoms with Crippen molar-refractivity contribution in [3.63, 3.8) is 0 Å². The van der Waals surface area contributed by atoms with Crippen LogP contribution in [0.15, 0.2) is 0 Å². The topological polar surface area (TPSA) is 251 Å². The molecule has 0 aromatic rings. The number of amides is 4. The van der Waals surface area contributed by atoms with E-state index in [9.17, 15) is 33.9 Å². The van der Waals surface area contributed by atoms with Gasteiger partial charge in [0.2, 0.25) is 23.6 Å². The maximum Gasteiger partial charge on any atom is 0.328 e. The van der Waals surface area contributed by atoms with Crippen LogP contribution in [0.3, 0.4) is 0 Å². The highest BCUT2D eigenvalue weighted by Crippen LogP contribution is 2.07. The molecule has 0 radical (unpaired) electrons. The first kappa shape index (κ1) is 29.7. The average molecular weight is 475 g/mol. The molecule has 14 heteroatoms. The average Bonchev–Trinajstić information content (AvgIpc) is 2.71. The molecule has 0 aliphatic rings. The number of aliphatic carboxylic acids is 2. The molecule has 14 nitrogen and oxygen atoms in total. The van der Waals surface area contributed by atoms with Gasteiger partial charge in [-0.15, -0.1) is 0 Å². The summed E-state index contributed by atoms with van der Waals surface area (Å²) in [6.07, 6.45) is -2.49. The number of hydrogen-bond donors (Lipinski definition) is 8. The van der Waals surface area contributed by atoms with Gasteiger partial charge in [0.15, 0.2) is 6.04 Å². The van der Waals surface area contributed by atoms with Crippen molar-refractivity contribution in [3.05, 3.63) is 0 Å². The van der Waals surface area contributed by atoms with Crippen molar-refractivity contribution in [1.82, 2.24) is 16.0 Å². The number of aliphatic hydroxyl groups is 1. The zero-order chi connectivity index (χ0) is 25.9. The van der Waals surface area contributed by atoms with Crippen molar-refractivity contribution >= 4 is 35.6 Å². The minimum Gasteiger partial charge on any atom is -0.481 e. The largest absolute Gasteiger partial charge is 0.481 e. The fourth-order valence-corrected chi connectivity index (χ4v) is 2.63. The van der Waals surface area contributed by atoms with Gasteiger partial charge in [-0.25, -0.2) is 4.79 Å². The lowest BCUT2D eigenvalue weighted by atomic mass is 9.99. The molecular weight excluding hydrogens is 442 g/mol. The van der Waals surface area contributed by atoms with E-state index in [-0.39, 0.29) is 18.8 Å². The normalized spacial score (nSPS) is 16.3. The molecule has 0 heterocycles. The third-order valence-electron chi connectivity index (χ3n) is 4.93. The van der Waals surface area contributed by atoms with Gasteiger partial charge in [-0.2, -0.15) is 0 Å². The number of carboxylic acid groups (broad SMARTS) is 2. The standard InChI is InChI=1S/C19H33N5O9/c1-4-8(2)14(21)18(31)23-11(7-13(27)28)17(30)22-10(5-6-12(20)26)16(29)24-15(9(3)25)19(32)33/h8-11,14-15,25H,4-7,21H2,1-3H3,(H2,20,26)(H,22,30)(H,23,31)(H,24,29)(H,27,28)(H,32,33). The number of hydrogen-bond acceptors (Lipinski definition) is 8. The molecular formula is C19H33N5O9. The fraction of sp³-hybridized carbons (Fsp3) is 0.684. The van der Waals surface area contributed by atoms with Gasteiger partial charge in [0.25, 0.3) is 0 Å². The molecule has 0 saturated carbocycles. The van der Waals surface area contributed by atoms with Crippen LogP contribution in [0.25, 0.3) is 0 Å². The van der Waals surface area contributed by atoms with Crippen molar-refractivity contribution in [2.24, 2.45) is 17.4 Å². The van der Waals surface area contributed by atoms with E-state index in [1.807, 2.05) is 5.32 Å². The van der Waals surface area contributed by atoms with E-state index in [4.69, 9.17) is 21.7 Å². The van der Waals surface area contributed by atoms with Crippen LogP contribution >= 0.6 is 0 Å². The molecule has 188 valence electrons. The zero-order valence-electron chi connectivity index (χ0n) is 18.7. The number of carbonyl (C=O) groups is 6. The van der Waals surface area contributed by atoms with E-state index in [0.29, 0.717) is 6.42 Å². The Balaban J connectivity index is 5.62. The maximum absolute atomic E-state index is 12.7. The van der Waals surface area contributed by atoms with Gasteiger partial charge in [-0.3, -0.25) is 24.0 Å². The second-order valence-corrected chi connectivity index (χ2v) is 7.70. The molecule has 0 spiro atoms. The first-order valence-corrected chi connectivity index (χ1v) is 10.3. The van der Waals surface area contributed by atoms with E-state index < -0.39 is 72.3 Å². The van der Waals surface area contributed by atoms with Crippen molar-refractivity contribution in [2.45, 2.75) is 76.7 Å². The molecule has 0 aromatic heterocycles. The third-order valence-corrected chi connectivity index (χ3v) is 4.93. The minimum absolute atomic E-state index is 0.263. The molecule has 0 rings (SSSR count). The first-order valence-electron chi connectivity index (χ1n) is 10.3. The van der Waals surface area contributed by atoms with Crippen molar-refractivity contribution in [2.75, 3.05) is 0 Å². The van der Waals surface area contributed by atoms with Crippen molar-refractivity contribution in [1.29, 1.82) is 0 Å². The van der Waals surface area contributed by atoms with Gasteiger partial charge in [0, 0.05) is 6.42 Å². The summed E-state index contributed by atoms with van der Waals surface area (Å²) >= 11 is 0. The van der Waals surface area contributed by atoms with E-state index in [1.165, 1.54) is 0 Å². The van der Waals surface area contributed by atoms with Gasteiger partial charge in [-0.05, 0) is 19.3 Å². The molecule has 0 aliphatic carbocycles. The van der Waals surface area contributed by atoms with Crippen molar-refractivity contribution in [3.8, 4) is 0 Å². The van der Waals surface area contributed by atoms with Gasteiger partial charge in [0.1, 0.15) is 12.1 Å². The Morgan fingerprint density at radius 2 is 1.39 bits per heavy atom. The predicted octanol–water partition coefficient (Wildman–Crippen LogP) is -2.98. The molecule has 4 amide bonds. The summed E-state index contributed by atoms with van der Waals surface area (Å²) in [5.41, 5.74) is 10.9. The summed E-state index contributed by atoms with van der Waals surface area (Å²) in [5.74, 6) is -6.96. The smallest absolute Gasteiger partial charge is 0.328 e. The van der Waals surface area contributed by atoms with Crippen LogP contribution in [-0.2, 0) is 28.8 Å². The summed E-state index contributed by atoms with van der Waals surface area (Å²) in [6.45, 7) is 4.61. The van der Waals surface area contributed by atoms with E-state index in [0.717, 1.165) is 6.92 Å². The summed E-state index contributed by atoms with van der Waals surface area (Å²) in [4.78, 5) is 71.1. The number of nitrogens with one attached hydrogen (secondary N) is 3. The minimum atomic E-state index is -1.71. The molecule has 0 aliphatic heterocycles. The Bertz CT molecular complexity index is 743. The Morgan fingerprint density at radius 3 is 1.82 bits per heavy atom. The Kier molecular flexibility index (Phi) is 12.6. The molecule has 10 N–H and O–H groups in total. The zero-order valence-corrected chi connectivity index (χ0v) is 18.7. The third kappa shape index (κ3) is 10.7. The monoisotopic (exact) mass is 475 g/mol. The number of primary amides is 1. The Morgan fingerprint density at radius 1 is 0.879 bits per heavy atom. The van der Waals surface area contributed by atoms with E-state index in [1.54, 1.807) is 13.8 Å². The number of carboxylic acids is 2. The van der Waals surface area contributed by atoms with Gasteiger partial charge >= 0.3 is 11.9 Å². The molecule has 33 heavy (non-hydrogen) atoms. The lowest BCUT2D eigenvalue weighted by Gasteiger charge is -2.25. The molecule has 6 atom stereocenters. The van der Waals surface area contributed by atoms with E-state index >= 15 is 0 Å². The molecule has 6 unspecified atom stereocenters. The SMILES string of the molecule is CCC(C)C(N)C(=O)NC(CC(=O)O)C(=O)NC(CCC(N)=O)C(=O)NC(C(=O)O)C(C)O. The molecule has 0 aromatic carbocycles. The van der Waals surface area contributed by atoms with Crippen LogP contribution in [0, 0.1) is 5.92 Å². The first-order chi connectivity index (χ1) is 15.2. The summed E-state index contributed by atoms with van der Waals surface area (Å²) in [7, 11) is 0. The quantitative estimate of drug-likeness (QED) is 0.119. The molecule has 0 fully saturated rings. The highest BCUT2D eigenvalue weighted by molar-refractivity contribution is 5.95.